The zero-order valence-electron chi connectivity index (χ0n) is 10.7. The maximum absolute atomic E-state index is 12.6. The number of dihydropyridines is 1. The van der Waals surface area contributed by atoms with Crippen LogP contribution in [-0.2, 0) is 10.1 Å². The summed E-state index contributed by atoms with van der Waals surface area (Å²) in [5.41, 5.74) is 0.956. The number of alkyl halides is 1. The van der Waals surface area contributed by atoms with Crippen LogP contribution in [-0.4, -0.2) is 18.8 Å². The maximum atomic E-state index is 12.6. The maximum Gasteiger partial charge on any atom is 0.294 e. The van der Waals surface area contributed by atoms with Gasteiger partial charge in [-0.05, 0) is 44.3 Å². The highest BCUT2D eigenvalue weighted by Crippen LogP contribution is 2.10. The Hall–Kier alpha value is -1.66. The van der Waals surface area contributed by atoms with Crippen molar-refractivity contribution >= 4 is 10.1 Å². The van der Waals surface area contributed by atoms with E-state index in [-0.39, 0.29) is 4.90 Å². The van der Waals surface area contributed by atoms with Crippen molar-refractivity contribution in [2.75, 3.05) is 0 Å². The first kappa shape index (κ1) is 15.4. The quantitative estimate of drug-likeness (QED) is 0.615. The van der Waals surface area contributed by atoms with Crippen LogP contribution in [0.25, 0.3) is 0 Å². The summed E-state index contributed by atoms with van der Waals surface area (Å²) < 4.78 is 42.2. The molecule has 104 valence electrons. The number of aryl methyl sites for hydroxylation is 1. The molecule has 1 unspecified atom stereocenters. The van der Waals surface area contributed by atoms with Crippen LogP contribution in [0.4, 0.5) is 4.39 Å². The van der Waals surface area contributed by atoms with E-state index in [0.29, 0.717) is 0 Å². The number of hydrogen-bond acceptors (Lipinski definition) is 3. The van der Waals surface area contributed by atoms with Gasteiger partial charge in [-0.25, -0.2) is 4.39 Å². The number of halogens is 1. The highest BCUT2D eigenvalue weighted by Gasteiger charge is 2.16. The topological polar surface area (TPSA) is 66.4 Å². The molecule has 4 nitrogen and oxygen atoms in total. The van der Waals surface area contributed by atoms with Crippen molar-refractivity contribution in [3.8, 4) is 0 Å². The summed E-state index contributed by atoms with van der Waals surface area (Å²) in [5.74, 6) is -1.34. The lowest BCUT2D eigenvalue weighted by molar-refractivity contribution is 0.224. The van der Waals surface area contributed by atoms with E-state index < -0.39 is 15.9 Å². The third-order valence-electron chi connectivity index (χ3n) is 2.30. The van der Waals surface area contributed by atoms with Gasteiger partial charge in [0.15, 0.2) is 5.79 Å². The van der Waals surface area contributed by atoms with E-state index in [4.69, 9.17) is 4.55 Å². The summed E-state index contributed by atoms with van der Waals surface area (Å²) in [6.07, 6.45) is 6.48. The van der Waals surface area contributed by atoms with E-state index in [2.05, 4.69) is 5.32 Å². The minimum Gasteiger partial charge on any atom is -0.357 e. The van der Waals surface area contributed by atoms with Gasteiger partial charge in [0.25, 0.3) is 10.1 Å². The molecule has 1 aliphatic rings. The van der Waals surface area contributed by atoms with Gasteiger partial charge in [-0.3, -0.25) is 4.55 Å². The van der Waals surface area contributed by atoms with Gasteiger partial charge in [0.1, 0.15) is 0 Å². The molecule has 2 rings (SSSR count). The van der Waals surface area contributed by atoms with Gasteiger partial charge in [0.2, 0.25) is 0 Å². The van der Waals surface area contributed by atoms with E-state index in [0.717, 1.165) is 5.56 Å². The molecule has 0 spiro atoms. The zero-order chi connectivity index (χ0) is 14.5. The van der Waals surface area contributed by atoms with Gasteiger partial charge >= 0.3 is 0 Å². The van der Waals surface area contributed by atoms with Crippen molar-refractivity contribution < 1.29 is 17.4 Å². The molecule has 1 aromatic carbocycles. The van der Waals surface area contributed by atoms with Crippen molar-refractivity contribution in [1.29, 1.82) is 0 Å². The number of nitrogens with one attached hydrogen (secondary N) is 1. The van der Waals surface area contributed by atoms with E-state index >= 15 is 0 Å². The third-order valence-corrected chi connectivity index (χ3v) is 3.17. The molecule has 0 aromatic heterocycles. The van der Waals surface area contributed by atoms with Crippen LogP contribution >= 0.6 is 0 Å². The molecule has 0 fully saturated rings. The first-order chi connectivity index (χ1) is 8.71. The molecule has 1 atom stereocenters. The number of allylic oxidation sites excluding steroid dienone is 2. The molecule has 1 aromatic rings. The summed E-state index contributed by atoms with van der Waals surface area (Å²) in [5, 5.41) is 2.52. The minimum absolute atomic E-state index is 0.0666. The fraction of sp³-hybridized carbons (Fsp3) is 0.231. The second kappa shape index (κ2) is 5.99. The monoisotopic (exact) mass is 285 g/mol. The fourth-order valence-electron chi connectivity index (χ4n) is 1.26. The molecule has 0 aliphatic carbocycles. The number of hydrogen-bond donors (Lipinski definition) is 2. The molecular weight excluding hydrogens is 269 g/mol. The van der Waals surface area contributed by atoms with Crippen LogP contribution < -0.4 is 5.32 Å². The Kier molecular flexibility index (Phi) is 4.85. The standard InChI is InChI=1S/C7H8O3S.C6H8FN/c1-6-2-4-7(5-3-6)11(8,9)10;1-6(7)4-2-3-5-8-6/h2-5H,1H3,(H,8,9,10);2-5,8H,1H3. The molecule has 0 bridgehead atoms. The highest BCUT2D eigenvalue weighted by atomic mass is 32.2. The van der Waals surface area contributed by atoms with Gasteiger partial charge in [-0.1, -0.05) is 23.8 Å². The van der Waals surface area contributed by atoms with Crippen molar-refractivity contribution in [2.24, 2.45) is 0 Å². The van der Waals surface area contributed by atoms with Crippen molar-refractivity contribution in [1.82, 2.24) is 5.32 Å². The van der Waals surface area contributed by atoms with Crippen LogP contribution in [0.1, 0.15) is 12.5 Å². The molecule has 1 heterocycles. The molecule has 2 N–H and O–H groups in total. The Morgan fingerprint density at radius 2 is 1.79 bits per heavy atom. The molecule has 0 saturated carbocycles. The van der Waals surface area contributed by atoms with E-state index in [1.165, 1.54) is 25.1 Å². The summed E-state index contributed by atoms with van der Waals surface area (Å²) in [6.45, 7) is 3.31. The predicted molar refractivity (Wildman–Crippen MR) is 71.9 cm³/mol. The van der Waals surface area contributed by atoms with Gasteiger partial charge < -0.3 is 5.32 Å². The van der Waals surface area contributed by atoms with Crippen LogP contribution in [0.2, 0.25) is 0 Å². The van der Waals surface area contributed by atoms with Crippen LogP contribution in [0.15, 0.2) is 53.6 Å². The van der Waals surface area contributed by atoms with E-state index in [1.54, 1.807) is 30.5 Å². The number of benzene rings is 1. The minimum atomic E-state index is -4.02. The van der Waals surface area contributed by atoms with Gasteiger partial charge in [-0.2, -0.15) is 8.42 Å². The fourth-order valence-corrected chi connectivity index (χ4v) is 1.74. The Balaban J connectivity index is 0.000000200. The molecule has 0 amide bonds. The average Bonchev–Trinajstić information content (AvgIpc) is 2.28. The SMILES string of the molecule is CC1(F)C=CC=CN1.Cc1ccc(S(=O)(=O)O)cc1. The molecule has 6 heteroatoms. The first-order valence-electron chi connectivity index (χ1n) is 5.56. The average molecular weight is 285 g/mol. The van der Waals surface area contributed by atoms with Gasteiger partial charge in [0.05, 0.1) is 4.90 Å². The molecule has 19 heavy (non-hydrogen) atoms. The second-order valence-electron chi connectivity index (χ2n) is 4.23. The largest absolute Gasteiger partial charge is 0.357 e. The smallest absolute Gasteiger partial charge is 0.294 e. The van der Waals surface area contributed by atoms with Crippen LogP contribution in [0.3, 0.4) is 0 Å². The van der Waals surface area contributed by atoms with Gasteiger partial charge in [0, 0.05) is 0 Å². The molecular formula is C13H16FNO3S. The Bertz CT molecular complexity index is 574. The van der Waals surface area contributed by atoms with Crippen LogP contribution in [0, 0.1) is 6.92 Å². The first-order valence-corrected chi connectivity index (χ1v) is 7.00. The zero-order valence-corrected chi connectivity index (χ0v) is 11.5. The van der Waals surface area contributed by atoms with Crippen molar-refractivity contribution in [3.63, 3.8) is 0 Å². The summed E-state index contributed by atoms with van der Waals surface area (Å²) in [4.78, 5) is -0.0666. The molecule has 0 saturated heterocycles. The third kappa shape index (κ3) is 5.67. The van der Waals surface area contributed by atoms with Crippen molar-refractivity contribution in [3.05, 3.63) is 54.3 Å². The summed E-state index contributed by atoms with van der Waals surface area (Å²) in [6, 6.07) is 5.99. The summed E-state index contributed by atoms with van der Waals surface area (Å²) >= 11 is 0. The molecule has 1 aliphatic heterocycles. The Labute approximate surface area is 112 Å². The Morgan fingerprint density at radius 3 is 2.11 bits per heavy atom. The number of rotatable bonds is 1. The van der Waals surface area contributed by atoms with E-state index in [1.807, 2.05) is 6.92 Å². The summed E-state index contributed by atoms with van der Waals surface area (Å²) in [7, 11) is -4.02. The highest BCUT2D eigenvalue weighted by molar-refractivity contribution is 7.85. The normalized spacial score (nSPS) is 21.3. The van der Waals surface area contributed by atoms with Crippen LogP contribution in [0.5, 0.6) is 0 Å². The van der Waals surface area contributed by atoms with E-state index in [9.17, 15) is 12.8 Å². The lowest BCUT2D eigenvalue weighted by atomic mass is 10.2. The second-order valence-corrected chi connectivity index (χ2v) is 5.65. The van der Waals surface area contributed by atoms with Gasteiger partial charge in [-0.15, -0.1) is 0 Å². The lowest BCUT2D eigenvalue weighted by Gasteiger charge is -2.17. The Morgan fingerprint density at radius 1 is 1.21 bits per heavy atom. The molecule has 0 radical (unpaired) electrons. The van der Waals surface area contributed by atoms with Crippen molar-refractivity contribution in [2.45, 2.75) is 24.5 Å². The predicted octanol–water partition coefficient (Wildman–Crippen LogP) is 2.59. The lowest BCUT2D eigenvalue weighted by Crippen LogP contribution is -2.32.